The van der Waals surface area contributed by atoms with Crippen LogP contribution in [0.15, 0.2) is 60.9 Å². The zero-order valence-corrected chi connectivity index (χ0v) is 24.1. The molecule has 1 saturated heterocycles. The maximum Gasteiger partial charge on any atom is 0.433 e. The number of amides is 3. The van der Waals surface area contributed by atoms with E-state index in [1.165, 1.54) is 6.07 Å². The molecule has 0 atom stereocenters. The number of nitrogens with one attached hydrogen (secondary N) is 2. The molecule has 0 unspecified atom stereocenters. The number of benzene rings is 1. The summed E-state index contributed by atoms with van der Waals surface area (Å²) in [6, 6.07) is 12.0. The number of alkyl halides is 3. The molecule has 3 aromatic heterocycles. The maximum absolute atomic E-state index is 13.3. The molecule has 0 spiro atoms. The Morgan fingerprint density at radius 1 is 1.07 bits per heavy atom. The summed E-state index contributed by atoms with van der Waals surface area (Å²) in [7, 11) is 0. The summed E-state index contributed by atoms with van der Waals surface area (Å²) >= 11 is 0. The highest BCUT2D eigenvalue weighted by Crippen LogP contribution is 2.33. The largest absolute Gasteiger partial charge is 0.489 e. The van der Waals surface area contributed by atoms with Crippen LogP contribution in [0.5, 0.6) is 5.75 Å². The van der Waals surface area contributed by atoms with Gasteiger partial charge in [-0.1, -0.05) is 24.3 Å². The molecular weight excluding hydrogens is 577 g/mol. The number of nitrogens with zero attached hydrogens (tertiary/aromatic N) is 4. The number of piperidine rings is 1. The summed E-state index contributed by atoms with van der Waals surface area (Å²) in [6.07, 6.45) is 0.485. The van der Waals surface area contributed by atoms with Crippen LogP contribution in [0.4, 0.5) is 18.9 Å². The number of pyridine rings is 2. The second kappa shape index (κ2) is 12.7. The highest BCUT2D eigenvalue weighted by atomic mass is 19.4. The third-order valence-electron chi connectivity index (χ3n) is 7.28. The van der Waals surface area contributed by atoms with Crippen LogP contribution in [0.25, 0.3) is 5.65 Å². The molecule has 1 aliphatic heterocycles. The highest BCUT2D eigenvalue weighted by Gasteiger charge is 2.33. The van der Waals surface area contributed by atoms with Crippen molar-refractivity contribution >= 4 is 29.6 Å². The van der Waals surface area contributed by atoms with Crippen LogP contribution in [0, 0.1) is 0 Å². The van der Waals surface area contributed by atoms with E-state index in [0.717, 1.165) is 23.4 Å². The summed E-state index contributed by atoms with van der Waals surface area (Å²) in [4.78, 5) is 47.0. The normalized spacial score (nSPS) is 14.1. The van der Waals surface area contributed by atoms with Crippen LogP contribution < -0.4 is 15.4 Å². The number of halogens is 3. The molecule has 2 N–H and O–H groups in total. The number of hydrogen-bond donors (Lipinski definition) is 2. The van der Waals surface area contributed by atoms with Crippen molar-refractivity contribution in [2.45, 2.75) is 51.4 Å². The highest BCUT2D eigenvalue weighted by molar-refractivity contribution is 6.03. The molecule has 13 heteroatoms. The number of anilines is 1. The van der Waals surface area contributed by atoms with Crippen LogP contribution >= 0.6 is 0 Å². The fourth-order valence-electron chi connectivity index (χ4n) is 5.17. The van der Waals surface area contributed by atoms with Gasteiger partial charge in [-0.15, -0.1) is 0 Å². The first-order valence-electron chi connectivity index (χ1n) is 14.1. The fourth-order valence-corrected chi connectivity index (χ4v) is 5.17. The number of carbonyl (C=O) groups excluding carboxylic acids is 3. The van der Waals surface area contributed by atoms with Crippen molar-refractivity contribution in [3.8, 4) is 5.75 Å². The third-order valence-corrected chi connectivity index (χ3v) is 7.28. The number of hydrogen-bond acceptors (Lipinski definition) is 6. The van der Waals surface area contributed by atoms with E-state index in [0.29, 0.717) is 49.3 Å². The average molecular weight is 609 g/mol. The van der Waals surface area contributed by atoms with E-state index in [1.807, 2.05) is 32.2 Å². The van der Waals surface area contributed by atoms with Gasteiger partial charge in [0.2, 0.25) is 6.41 Å². The number of ether oxygens (including phenoxy) is 1. The van der Waals surface area contributed by atoms with Crippen LogP contribution in [0.2, 0.25) is 0 Å². The molecular formula is C31H31F3N6O4. The zero-order chi connectivity index (χ0) is 31.4. The predicted octanol–water partition coefficient (Wildman–Crippen LogP) is 5.05. The van der Waals surface area contributed by atoms with Crippen molar-refractivity contribution < 1.29 is 32.3 Å². The van der Waals surface area contributed by atoms with Crippen molar-refractivity contribution in [3.63, 3.8) is 0 Å². The SMILES string of the molecule is CC(C)Oc1cc2nc(C3CCN(C(=O)c4ccccc4CNC=O)CC3)cn2cc1NC(=O)c1cccc(C(F)(F)F)n1. The van der Waals surface area contributed by atoms with Crippen molar-refractivity contribution in [2.75, 3.05) is 18.4 Å². The third kappa shape index (κ3) is 6.82. The van der Waals surface area contributed by atoms with Crippen molar-refractivity contribution in [1.29, 1.82) is 0 Å². The molecule has 4 aromatic rings. The minimum atomic E-state index is -4.68. The van der Waals surface area contributed by atoms with Crippen LogP contribution in [-0.2, 0) is 17.5 Å². The lowest BCUT2D eigenvalue weighted by atomic mass is 9.93. The first-order chi connectivity index (χ1) is 21.0. The first kappa shape index (κ1) is 30.5. The molecule has 1 aliphatic rings. The van der Waals surface area contributed by atoms with Gasteiger partial charge in [0.15, 0.2) is 0 Å². The smallest absolute Gasteiger partial charge is 0.433 e. The summed E-state index contributed by atoms with van der Waals surface area (Å²) in [6.45, 7) is 4.95. The minimum absolute atomic E-state index is 0.0766. The van der Waals surface area contributed by atoms with Crippen molar-refractivity contribution in [3.05, 3.63) is 89.1 Å². The standard InChI is InChI=1S/C31H31F3N6O4/c1-19(2)44-26-14-28-37-24(16-40(28)17-25(26)38-29(42)23-8-5-9-27(36-23)31(32,33)34)20-10-12-39(13-11-20)30(43)22-7-4-3-6-21(22)15-35-18-41/h3-9,14,16-20H,10-13,15H2,1-2H3,(H,35,41)(H,38,42). The van der Waals surface area contributed by atoms with Gasteiger partial charge in [0.1, 0.15) is 28.5 Å². The molecule has 0 bridgehead atoms. The van der Waals surface area contributed by atoms with Gasteiger partial charge in [0, 0.05) is 49.6 Å². The molecule has 0 radical (unpaired) electrons. The van der Waals surface area contributed by atoms with E-state index < -0.39 is 17.8 Å². The Morgan fingerprint density at radius 2 is 1.82 bits per heavy atom. The van der Waals surface area contributed by atoms with Gasteiger partial charge >= 0.3 is 6.18 Å². The van der Waals surface area contributed by atoms with E-state index in [2.05, 4.69) is 15.6 Å². The Labute approximate surface area is 251 Å². The monoisotopic (exact) mass is 608 g/mol. The number of aromatic nitrogens is 3. The van der Waals surface area contributed by atoms with Gasteiger partial charge in [-0.05, 0) is 50.5 Å². The summed E-state index contributed by atoms with van der Waals surface area (Å²) < 4.78 is 47.0. The molecule has 230 valence electrons. The van der Waals surface area contributed by atoms with Gasteiger partial charge in [-0.3, -0.25) is 14.4 Å². The number of imidazole rings is 1. The number of rotatable bonds is 9. The number of likely N-dealkylation sites (tertiary alicyclic amines) is 1. The van der Waals surface area contributed by atoms with E-state index in [-0.39, 0.29) is 35.9 Å². The molecule has 4 heterocycles. The molecule has 5 rings (SSSR count). The predicted molar refractivity (Wildman–Crippen MR) is 155 cm³/mol. The summed E-state index contributed by atoms with van der Waals surface area (Å²) in [5, 5.41) is 5.24. The Kier molecular flexibility index (Phi) is 8.83. The lowest BCUT2D eigenvalue weighted by molar-refractivity contribution is -0.141. The lowest BCUT2D eigenvalue weighted by Crippen LogP contribution is -2.38. The Balaban J connectivity index is 1.33. The minimum Gasteiger partial charge on any atom is -0.489 e. The first-order valence-corrected chi connectivity index (χ1v) is 14.1. The fraction of sp³-hybridized carbons (Fsp3) is 0.323. The molecule has 10 nitrogen and oxygen atoms in total. The van der Waals surface area contributed by atoms with E-state index >= 15 is 0 Å². The quantitative estimate of drug-likeness (QED) is 0.257. The topological polar surface area (TPSA) is 118 Å². The Morgan fingerprint density at radius 3 is 2.52 bits per heavy atom. The van der Waals surface area contributed by atoms with Gasteiger partial charge in [-0.25, -0.2) is 9.97 Å². The van der Waals surface area contributed by atoms with Gasteiger partial charge in [0.05, 0.1) is 11.8 Å². The van der Waals surface area contributed by atoms with E-state index in [4.69, 9.17) is 9.72 Å². The molecule has 1 fully saturated rings. The van der Waals surface area contributed by atoms with Gasteiger partial charge in [0.25, 0.3) is 11.8 Å². The summed E-state index contributed by atoms with van der Waals surface area (Å²) in [5.74, 6) is -0.515. The Bertz CT molecular complexity index is 1680. The number of carbonyl (C=O) groups is 3. The zero-order valence-electron chi connectivity index (χ0n) is 24.1. The summed E-state index contributed by atoms with van der Waals surface area (Å²) in [5.41, 5.74) is 1.39. The molecule has 44 heavy (non-hydrogen) atoms. The van der Waals surface area contributed by atoms with Gasteiger partial charge < -0.3 is 24.7 Å². The lowest BCUT2D eigenvalue weighted by Gasteiger charge is -2.31. The second-order valence-corrected chi connectivity index (χ2v) is 10.7. The number of fused-ring (bicyclic) bond motifs is 1. The molecule has 0 saturated carbocycles. The molecule has 1 aromatic carbocycles. The van der Waals surface area contributed by atoms with Crippen molar-refractivity contribution in [1.82, 2.24) is 24.6 Å². The maximum atomic E-state index is 13.3. The molecule has 3 amide bonds. The average Bonchev–Trinajstić information content (AvgIpc) is 3.42. The van der Waals surface area contributed by atoms with E-state index in [1.54, 1.807) is 33.7 Å². The van der Waals surface area contributed by atoms with Gasteiger partial charge in [-0.2, -0.15) is 13.2 Å². The van der Waals surface area contributed by atoms with Crippen LogP contribution in [-0.4, -0.2) is 56.7 Å². The second-order valence-electron chi connectivity index (χ2n) is 10.7. The molecule has 0 aliphatic carbocycles. The van der Waals surface area contributed by atoms with E-state index in [9.17, 15) is 27.6 Å². The van der Waals surface area contributed by atoms with Crippen LogP contribution in [0.1, 0.15) is 70.4 Å². The van der Waals surface area contributed by atoms with Crippen LogP contribution in [0.3, 0.4) is 0 Å². The van der Waals surface area contributed by atoms with Crippen molar-refractivity contribution in [2.24, 2.45) is 0 Å². The Hall–Kier alpha value is -4.94.